The van der Waals surface area contributed by atoms with Crippen LogP contribution in [0.2, 0.25) is 0 Å². The molecule has 0 unspecified atom stereocenters. The largest absolute Gasteiger partial charge is 0.340 e. The molecule has 0 aliphatic heterocycles. The van der Waals surface area contributed by atoms with Gasteiger partial charge in [0.2, 0.25) is 16.0 Å². The van der Waals surface area contributed by atoms with Gasteiger partial charge in [-0.3, -0.25) is 4.68 Å². The van der Waals surface area contributed by atoms with E-state index < -0.39 is 10.0 Å². The summed E-state index contributed by atoms with van der Waals surface area (Å²) in [6.07, 6.45) is 1.64. The van der Waals surface area contributed by atoms with E-state index in [9.17, 15) is 8.42 Å². The minimum Gasteiger partial charge on any atom is -0.340 e. The molecular formula is C21H24ClN7O2S. The van der Waals surface area contributed by atoms with E-state index in [1.807, 2.05) is 48.8 Å². The third kappa shape index (κ3) is 4.52. The number of nitrogens with one attached hydrogen (secondary N) is 1. The van der Waals surface area contributed by atoms with E-state index in [0.29, 0.717) is 23.0 Å². The van der Waals surface area contributed by atoms with E-state index in [2.05, 4.69) is 20.4 Å². The highest BCUT2D eigenvalue weighted by atomic mass is 35.5. The topological polar surface area (TPSA) is 119 Å². The van der Waals surface area contributed by atoms with Gasteiger partial charge in [-0.1, -0.05) is 6.07 Å². The monoisotopic (exact) mass is 473 g/mol. The van der Waals surface area contributed by atoms with Crippen LogP contribution < -0.4 is 15.4 Å². The van der Waals surface area contributed by atoms with Crippen molar-refractivity contribution >= 4 is 56.5 Å². The Hall–Kier alpha value is -3.21. The third-order valence-corrected chi connectivity index (χ3v) is 6.26. The number of rotatable bonds is 5. The van der Waals surface area contributed by atoms with E-state index in [1.54, 1.807) is 31.3 Å². The zero-order chi connectivity index (χ0) is 22.3. The van der Waals surface area contributed by atoms with Gasteiger partial charge < -0.3 is 10.2 Å². The highest BCUT2D eigenvalue weighted by molar-refractivity contribution is 7.89. The summed E-state index contributed by atoms with van der Waals surface area (Å²) >= 11 is 0. The lowest BCUT2D eigenvalue weighted by Gasteiger charge is -2.18. The molecule has 0 saturated carbocycles. The quantitative estimate of drug-likeness (QED) is 0.454. The first kappa shape index (κ1) is 23.5. The molecule has 9 nitrogen and oxygen atoms in total. The molecule has 0 atom stereocenters. The average Bonchev–Trinajstić information content (AvgIpc) is 3.01. The first-order valence-electron chi connectivity index (χ1n) is 9.54. The van der Waals surface area contributed by atoms with Gasteiger partial charge >= 0.3 is 0 Å². The number of fused-ring (bicyclic) bond motifs is 1. The van der Waals surface area contributed by atoms with Gasteiger partial charge in [0.05, 0.1) is 10.4 Å². The summed E-state index contributed by atoms with van der Waals surface area (Å²) in [5.74, 6) is 1.01. The summed E-state index contributed by atoms with van der Waals surface area (Å²) in [4.78, 5) is 10.9. The maximum Gasteiger partial charge on any atom is 0.238 e. The smallest absolute Gasteiger partial charge is 0.238 e. The summed E-state index contributed by atoms with van der Waals surface area (Å²) in [5, 5.41) is 14.1. The van der Waals surface area contributed by atoms with Gasteiger partial charge in [-0.2, -0.15) is 10.1 Å². The van der Waals surface area contributed by atoms with Crippen molar-refractivity contribution in [3.05, 3.63) is 59.9 Å². The lowest BCUT2D eigenvalue weighted by atomic mass is 10.2. The number of anilines is 4. The van der Waals surface area contributed by atoms with E-state index >= 15 is 0 Å². The SMILES string of the molecule is Cc1ccc(Nc2ccnc(N(C)c3ccc4c(C)n(C)nc4c3)n2)cc1S(N)(=O)=O.Cl. The third-order valence-electron chi connectivity index (χ3n) is 5.21. The molecule has 11 heteroatoms. The predicted octanol–water partition coefficient (Wildman–Crippen LogP) is 3.56. The molecule has 0 aliphatic rings. The Morgan fingerprint density at radius 1 is 1.09 bits per heavy atom. The molecule has 4 rings (SSSR count). The number of halogens is 1. The molecule has 168 valence electrons. The molecule has 0 radical (unpaired) electrons. The number of aryl methyl sites for hydroxylation is 3. The molecule has 2 heterocycles. The summed E-state index contributed by atoms with van der Waals surface area (Å²) < 4.78 is 25.4. The van der Waals surface area contributed by atoms with Crippen molar-refractivity contribution in [3.8, 4) is 0 Å². The van der Waals surface area contributed by atoms with Crippen LogP contribution in [-0.2, 0) is 17.1 Å². The molecule has 2 aromatic carbocycles. The first-order valence-corrected chi connectivity index (χ1v) is 11.1. The summed E-state index contributed by atoms with van der Waals surface area (Å²) in [6, 6.07) is 12.7. The second-order valence-electron chi connectivity index (χ2n) is 7.36. The Morgan fingerprint density at radius 2 is 1.84 bits per heavy atom. The number of nitrogens with two attached hydrogens (primary N) is 1. The van der Waals surface area contributed by atoms with Crippen molar-refractivity contribution in [2.45, 2.75) is 18.7 Å². The van der Waals surface area contributed by atoms with Gasteiger partial charge in [-0.05, 0) is 55.8 Å². The molecule has 0 fully saturated rings. The molecule has 32 heavy (non-hydrogen) atoms. The zero-order valence-electron chi connectivity index (χ0n) is 18.1. The maximum atomic E-state index is 11.8. The van der Waals surface area contributed by atoms with Crippen LogP contribution in [-0.4, -0.2) is 35.2 Å². The van der Waals surface area contributed by atoms with E-state index in [-0.39, 0.29) is 17.3 Å². The standard InChI is InChI=1S/C21H23N7O2S.ClH/c1-13-5-6-15(11-19(13)31(22,29)30)24-20-9-10-23-21(25-20)27(3)16-7-8-17-14(2)28(4)26-18(17)12-16;/h5-12H,1-4H3,(H2,22,29,30)(H,23,24,25);1H. The minimum absolute atomic E-state index is 0. The number of benzene rings is 2. The molecule has 0 aliphatic carbocycles. The van der Waals surface area contributed by atoms with E-state index in [4.69, 9.17) is 5.14 Å². The highest BCUT2D eigenvalue weighted by Crippen LogP contribution is 2.27. The number of hydrogen-bond acceptors (Lipinski definition) is 7. The van der Waals surface area contributed by atoms with Gasteiger partial charge in [-0.25, -0.2) is 18.5 Å². The van der Waals surface area contributed by atoms with Crippen LogP contribution >= 0.6 is 12.4 Å². The molecule has 3 N–H and O–H groups in total. The number of sulfonamides is 1. The molecule has 4 aromatic rings. The first-order chi connectivity index (χ1) is 14.6. The van der Waals surface area contributed by atoms with Crippen LogP contribution in [0.15, 0.2) is 53.6 Å². The fraction of sp³-hybridized carbons (Fsp3) is 0.190. The Labute approximate surface area is 192 Å². The lowest BCUT2D eigenvalue weighted by Crippen LogP contribution is -2.14. The second kappa shape index (κ2) is 8.73. The van der Waals surface area contributed by atoms with Gasteiger partial charge in [0.1, 0.15) is 5.82 Å². The van der Waals surface area contributed by atoms with Crippen LogP contribution in [0.5, 0.6) is 0 Å². The number of aromatic nitrogens is 4. The normalized spacial score (nSPS) is 11.3. The maximum absolute atomic E-state index is 11.8. The van der Waals surface area contributed by atoms with E-state index in [1.165, 1.54) is 6.07 Å². The molecule has 0 amide bonds. The van der Waals surface area contributed by atoms with Crippen molar-refractivity contribution in [1.82, 2.24) is 19.7 Å². The predicted molar refractivity (Wildman–Crippen MR) is 129 cm³/mol. The summed E-state index contributed by atoms with van der Waals surface area (Å²) in [7, 11) is -0.0179. The number of primary sulfonamides is 1. The fourth-order valence-corrected chi connectivity index (χ4v) is 4.16. The molecule has 0 saturated heterocycles. The van der Waals surface area contributed by atoms with Crippen LogP contribution in [0.3, 0.4) is 0 Å². The van der Waals surface area contributed by atoms with E-state index in [0.717, 1.165) is 22.3 Å². The number of nitrogens with zero attached hydrogens (tertiary/aromatic N) is 5. The molecule has 2 aromatic heterocycles. The van der Waals surface area contributed by atoms with Crippen molar-refractivity contribution in [1.29, 1.82) is 0 Å². The van der Waals surface area contributed by atoms with Crippen LogP contribution in [0, 0.1) is 13.8 Å². The molecule has 0 spiro atoms. The van der Waals surface area contributed by atoms with Crippen LogP contribution in [0.1, 0.15) is 11.3 Å². The van der Waals surface area contributed by atoms with Crippen molar-refractivity contribution in [3.63, 3.8) is 0 Å². The van der Waals surface area contributed by atoms with Gasteiger partial charge in [0.25, 0.3) is 0 Å². The zero-order valence-corrected chi connectivity index (χ0v) is 19.7. The van der Waals surface area contributed by atoms with Crippen LogP contribution in [0.25, 0.3) is 10.9 Å². The average molecular weight is 474 g/mol. The van der Waals surface area contributed by atoms with Gasteiger partial charge in [-0.15, -0.1) is 12.4 Å². The van der Waals surface area contributed by atoms with Crippen molar-refractivity contribution in [2.75, 3.05) is 17.3 Å². The molecular weight excluding hydrogens is 450 g/mol. The van der Waals surface area contributed by atoms with Gasteiger partial charge in [0, 0.05) is 42.7 Å². The Morgan fingerprint density at radius 3 is 2.56 bits per heavy atom. The Balaban J connectivity index is 0.00000289. The Kier molecular flexibility index (Phi) is 6.40. The lowest BCUT2D eigenvalue weighted by molar-refractivity contribution is 0.597. The highest BCUT2D eigenvalue weighted by Gasteiger charge is 2.14. The summed E-state index contributed by atoms with van der Waals surface area (Å²) in [5.41, 5.74) is 4.04. The second-order valence-corrected chi connectivity index (χ2v) is 8.89. The van der Waals surface area contributed by atoms with Gasteiger partial charge in [0.15, 0.2) is 0 Å². The van der Waals surface area contributed by atoms with Crippen molar-refractivity contribution < 1.29 is 8.42 Å². The fourth-order valence-electron chi connectivity index (χ4n) is 3.36. The number of hydrogen-bond donors (Lipinski definition) is 2. The minimum atomic E-state index is -3.81. The summed E-state index contributed by atoms with van der Waals surface area (Å²) in [6.45, 7) is 3.73. The Bertz CT molecular complexity index is 1400. The van der Waals surface area contributed by atoms with Crippen molar-refractivity contribution in [2.24, 2.45) is 12.2 Å². The van der Waals surface area contributed by atoms with Crippen LogP contribution in [0.4, 0.5) is 23.1 Å². The molecule has 0 bridgehead atoms.